The van der Waals surface area contributed by atoms with Crippen LogP contribution in [0.1, 0.15) is 5.56 Å². The Hall–Kier alpha value is -2.53. The molecule has 4 rings (SSSR count). The number of halogens is 1. The molecule has 4 heteroatoms. The predicted molar refractivity (Wildman–Crippen MR) is 116 cm³/mol. The number of hydrogen-bond acceptors (Lipinski definition) is 1. The van der Waals surface area contributed by atoms with Crippen LogP contribution >= 0.6 is 7.92 Å². The quantitative estimate of drug-likeness (QED) is 0.114. The van der Waals surface area contributed by atoms with Crippen LogP contribution in [-0.2, 0) is 22.4 Å². The SMILES string of the molecule is [Au+].[C-]#Cc1ccc(F)nc1.c1ccc(P(c2ccccc2)c2ccccc2)cc1. The number of benzene rings is 3. The van der Waals surface area contributed by atoms with Gasteiger partial charge in [0.05, 0.1) is 0 Å². The average Bonchev–Trinajstić information content (AvgIpc) is 2.77. The van der Waals surface area contributed by atoms with Crippen molar-refractivity contribution >= 4 is 23.8 Å². The molecule has 29 heavy (non-hydrogen) atoms. The van der Waals surface area contributed by atoms with E-state index in [-0.39, 0.29) is 22.4 Å². The van der Waals surface area contributed by atoms with Gasteiger partial charge in [-0.2, -0.15) is 4.39 Å². The van der Waals surface area contributed by atoms with Crippen LogP contribution < -0.4 is 15.9 Å². The predicted octanol–water partition coefficient (Wildman–Crippen LogP) is 4.60. The van der Waals surface area contributed by atoms with Gasteiger partial charge in [0.1, 0.15) is 0 Å². The second-order valence-electron chi connectivity index (χ2n) is 5.84. The van der Waals surface area contributed by atoms with Crippen LogP contribution in [-0.4, -0.2) is 4.98 Å². The van der Waals surface area contributed by atoms with Gasteiger partial charge in [-0.25, -0.2) is 4.98 Å². The molecule has 3 aromatic carbocycles. The summed E-state index contributed by atoms with van der Waals surface area (Å²) >= 11 is 0. The van der Waals surface area contributed by atoms with E-state index in [1.165, 1.54) is 34.2 Å². The average molecular weight is 579 g/mol. The standard InChI is InChI=1S/C18H15P.C7H3FN.Au/c1-4-10-16(11-5-1)19(17-12-6-2-7-13-17)18-14-8-3-9-15-18;1-2-6-3-4-7(8)9-5-6;/h1-15H;3-5H;/q;-1;+1. The van der Waals surface area contributed by atoms with Gasteiger partial charge in [0.2, 0.25) is 5.95 Å². The van der Waals surface area contributed by atoms with Gasteiger partial charge in [-0.05, 0) is 36.1 Å². The van der Waals surface area contributed by atoms with Gasteiger partial charge in [-0.3, -0.25) is 5.92 Å². The number of rotatable bonds is 3. The summed E-state index contributed by atoms with van der Waals surface area (Å²) in [5.74, 6) is 1.54. The number of hydrogen-bond donors (Lipinski definition) is 0. The molecule has 146 valence electrons. The first kappa shape index (κ1) is 22.8. The van der Waals surface area contributed by atoms with Crippen LogP contribution in [0.4, 0.5) is 4.39 Å². The second-order valence-corrected chi connectivity index (χ2v) is 8.06. The molecule has 0 aliphatic rings. The van der Waals surface area contributed by atoms with Gasteiger partial charge >= 0.3 is 22.4 Å². The van der Waals surface area contributed by atoms with Crippen molar-refractivity contribution in [1.82, 2.24) is 4.98 Å². The minimum atomic E-state index is -0.533. The van der Waals surface area contributed by atoms with Crippen molar-refractivity contribution in [3.05, 3.63) is 127 Å². The molecule has 1 heterocycles. The van der Waals surface area contributed by atoms with E-state index in [1.807, 2.05) is 0 Å². The third-order valence-electron chi connectivity index (χ3n) is 3.91. The summed E-state index contributed by atoms with van der Waals surface area (Å²) in [6.07, 6.45) is 7.85. The Kier molecular flexibility index (Phi) is 9.51. The van der Waals surface area contributed by atoms with E-state index in [4.69, 9.17) is 6.42 Å². The van der Waals surface area contributed by atoms with Gasteiger partial charge in [0.25, 0.3) is 0 Å². The van der Waals surface area contributed by atoms with Gasteiger partial charge in [-0.15, -0.1) is 11.6 Å². The molecule has 0 saturated carbocycles. The topological polar surface area (TPSA) is 12.9 Å². The Morgan fingerprint density at radius 1 is 0.655 bits per heavy atom. The van der Waals surface area contributed by atoms with E-state index >= 15 is 0 Å². The molecule has 0 aliphatic heterocycles. The Morgan fingerprint density at radius 2 is 1.07 bits per heavy atom. The molecule has 0 unspecified atom stereocenters. The van der Waals surface area contributed by atoms with Crippen molar-refractivity contribution < 1.29 is 26.8 Å². The maximum atomic E-state index is 12.0. The summed E-state index contributed by atoms with van der Waals surface area (Å²) in [6, 6.07) is 35.0. The first-order chi connectivity index (χ1) is 13.8. The summed E-state index contributed by atoms with van der Waals surface area (Å²) < 4.78 is 12.0. The molecule has 0 amide bonds. The van der Waals surface area contributed by atoms with Gasteiger partial charge in [0.15, 0.2) is 0 Å². The zero-order chi connectivity index (χ0) is 19.6. The second kappa shape index (κ2) is 12.1. The molecule has 0 fully saturated rings. The maximum Gasteiger partial charge on any atom is 1.00 e. The molecule has 0 spiro atoms. The van der Waals surface area contributed by atoms with Crippen molar-refractivity contribution in [2.24, 2.45) is 0 Å². The van der Waals surface area contributed by atoms with Crippen molar-refractivity contribution in [2.45, 2.75) is 0 Å². The van der Waals surface area contributed by atoms with E-state index in [0.29, 0.717) is 5.56 Å². The molecule has 1 nitrogen and oxygen atoms in total. The molecule has 0 saturated heterocycles. The van der Waals surface area contributed by atoms with Gasteiger partial charge in [0, 0.05) is 0 Å². The Balaban J connectivity index is 0.000000255. The van der Waals surface area contributed by atoms with Crippen LogP contribution in [0, 0.1) is 18.3 Å². The maximum absolute atomic E-state index is 12.0. The number of nitrogens with zero attached hydrogens (tertiary/aromatic N) is 1. The first-order valence-electron chi connectivity index (χ1n) is 8.77. The smallest absolute Gasteiger partial charge is 0.366 e. The van der Waals surface area contributed by atoms with Crippen LogP contribution in [0.2, 0.25) is 0 Å². The fraction of sp³-hybridized carbons (Fsp3) is 0. The number of pyridine rings is 1. The minimum absolute atomic E-state index is 0. The van der Waals surface area contributed by atoms with Gasteiger partial charge < -0.3 is 6.42 Å². The molecular formula is C25H18AuFNP. The molecule has 0 radical (unpaired) electrons. The fourth-order valence-corrected chi connectivity index (χ4v) is 4.93. The van der Waals surface area contributed by atoms with E-state index in [0.717, 1.165) is 0 Å². The van der Waals surface area contributed by atoms with Gasteiger partial charge in [-0.1, -0.05) is 91.0 Å². The minimum Gasteiger partial charge on any atom is -0.366 e. The Morgan fingerprint density at radius 3 is 1.38 bits per heavy atom. The third kappa shape index (κ3) is 6.79. The normalized spacial score (nSPS) is 9.55. The summed E-state index contributed by atoms with van der Waals surface area (Å²) in [6.45, 7) is 0. The zero-order valence-corrected chi connectivity index (χ0v) is 18.5. The van der Waals surface area contributed by atoms with Crippen LogP contribution in [0.5, 0.6) is 0 Å². The summed E-state index contributed by atoms with van der Waals surface area (Å²) in [5.41, 5.74) is 0.483. The summed E-state index contributed by atoms with van der Waals surface area (Å²) in [4.78, 5) is 3.30. The molecule has 0 atom stereocenters. The van der Waals surface area contributed by atoms with E-state index < -0.39 is 13.9 Å². The molecule has 4 aromatic rings. The molecular weight excluding hydrogens is 561 g/mol. The zero-order valence-electron chi connectivity index (χ0n) is 15.5. The Bertz CT molecular complexity index is 923. The fourth-order valence-electron chi connectivity index (χ4n) is 2.63. The van der Waals surface area contributed by atoms with E-state index in [2.05, 4.69) is 102 Å². The van der Waals surface area contributed by atoms with E-state index in [1.54, 1.807) is 0 Å². The van der Waals surface area contributed by atoms with Crippen molar-refractivity contribution in [1.29, 1.82) is 0 Å². The van der Waals surface area contributed by atoms with Crippen LogP contribution in [0.15, 0.2) is 109 Å². The molecule has 0 bridgehead atoms. The molecule has 0 aliphatic carbocycles. The summed E-state index contributed by atoms with van der Waals surface area (Å²) in [5, 5.41) is 4.19. The molecule has 1 aromatic heterocycles. The number of aromatic nitrogens is 1. The van der Waals surface area contributed by atoms with Crippen molar-refractivity contribution in [2.75, 3.05) is 0 Å². The first-order valence-corrected chi connectivity index (χ1v) is 10.1. The monoisotopic (exact) mass is 579 g/mol. The van der Waals surface area contributed by atoms with Crippen molar-refractivity contribution in [3.63, 3.8) is 0 Å². The van der Waals surface area contributed by atoms with Crippen LogP contribution in [0.3, 0.4) is 0 Å². The third-order valence-corrected chi connectivity index (χ3v) is 6.36. The largest absolute Gasteiger partial charge is 1.00 e. The van der Waals surface area contributed by atoms with Crippen LogP contribution in [0.25, 0.3) is 0 Å². The van der Waals surface area contributed by atoms with Crippen molar-refractivity contribution in [3.8, 4) is 5.92 Å². The Labute approximate surface area is 188 Å². The summed E-state index contributed by atoms with van der Waals surface area (Å²) in [7, 11) is -0.446. The molecule has 0 N–H and O–H groups in total. The van der Waals surface area contributed by atoms with E-state index in [9.17, 15) is 4.39 Å².